The van der Waals surface area contributed by atoms with Gasteiger partial charge in [-0.15, -0.1) is 0 Å². The smallest absolute Gasteiger partial charge is 0.269 e. The molecule has 2 aromatic rings. The molecule has 0 aliphatic carbocycles. The molecule has 0 saturated carbocycles. The number of methoxy groups -OCH3 is 1. The van der Waals surface area contributed by atoms with E-state index in [2.05, 4.69) is 29.0 Å². The van der Waals surface area contributed by atoms with E-state index in [4.69, 9.17) is 16.3 Å². The third-order valence-electron chi connectivity index (χ3n) is 6.75. The van der Waals surface area contributed by atoms with Gasteiger partial charge >= 0.3 is 0 Å². The Morgan fingerprint density at radius 3 is 2.74 bits per heavy atom. The van der Waals surface area contributed by atoms with Crippen LogP contribution in [0.4, 0.5) is 17.1 Å². The van der Waals surface area contributed by atoms with Crippen LogP contribution in [-0.2, 0) is 11.2 Å². The highest BCUT2D eigenvalue weighted by Crippen LogP contribution is 2.40. The molecule has 1 N–H and O–H groups in total. The Balaban J connectivity index is 1.66. The summed E-state index contributed by atoms with van der Waals surface area (Å²) in [7, 11) is 1.64. The molecule has 8 nitrogen and oxygen atoms in total. The molecule has 34 heavy (non-hydrogen) atoms. The molecule has 2 aromatic carbocycles. The van der Waals surface area contributed by atoms with Crippen LogP contribution in [0.25, 0.3) is 0 Å². The van der Waals surface area contributed by atoms with E-state index in [1.165, 1.54) is 0 Å². The minimum atomic E-state index is -0.382. The first kappa shape index (κ1) is 24.1. The summed E-state index contributed by atoms with van der Waals surface area (Å²) in [6.45, 7) is 6.89. The first-order valence-electron chi connectivity index (χ1n) is 11.7. The van der Waals surface area contributed by atoms with Crippen LogP contribution in [0.3, 0.4) is 0 Å². The summed E-state index contributed by atoms with van der Waals surface area (Å²) >= 11 is 6.29. The third kappa shape index (κ3) is 4.92. The molecule has 182 valence electrons. The number of nitrogens with one attached hydrogen (secondary N) is 1. The Hall–Kier alpha value is -3.00. The van der Waals surface area contributed by atoms with Crippen LogP contribution < -0.4 is 19.9 Å². The van der Waals surface area contributed by atoms with E-state index >= 15 is 0 Å². The predicted octanol–water partition coefficient (Wildman–Crippen LogP) is 4.29. The average Bonchev–Trinajstić information content (AvgIpc) is 2.82. The minimum absolute atomic E-state index is 0.00675. The molecule has 1 saturated heterocycles. The molecule has 0 spiro atoms. The van der Waals surface area contributed by atoms with E-state index in [9.17, 15) is 14.9 Å². The number of nitro groups is 1. The fraction of sp³-hybridized carbons (Fsp3) is 0.480. The summed E-state index contributed by atoms with van der Waals surface area (Å²) in [4.78, 5) is 28.8. The summed E-state index contributed by atoms with van der Waals surface area (Å²) in [6.07, 6.45) is 1.37. The van der Waals surface area contributed by atoms with Crippen LogP contribution in [0.5, 0.6) is 5.75 Å². The van der Waals surface area contributed by atoms with Gasteiger partial charge in [0, 0.05) is 49.0 Å². The number of benzene rings is 2. The molecular weight excluding hydrogens is 456 g/mol. The monoisotopic (exact) mass is 486 g/mol. The van der Waals surface area contributed by atoms with E-state index in [1.54, 1.807) is 25.3 Å². The molecule has 2 aliphatic rings. The molecule has 0 bridgehead atoms. The lowest BCUT2D eigenvalue weighted by molar-refractivity contribution is -0.384. The first-order chi connectivity index (χ1) is 16.3. The molecule has 1 fully saturated rings. The van der Waals surface area contributed by atoms with E-state index < -0.39 is 0 Å². The number of ether oxygens (including phenoxy) is 1. The second-order valence-corrected chi connectivity index (χ2v) is 9.81. The zero-order valence-corrected chi connectivity index (χ0v) is 20.5. The summed E-state index contributed by atoms with van der Waals surface area (Å²) in [5.41, 5.74) is 2.78. The summed E-state index contributed by atoms with van der Waals surface area (Å²) in [6, 6.07) is 10.5. The van der Waals surface area contributed by atoms with Crippen molar-refractivity contribution in [1.29, 1.82) is 0 Å². The van der Waals surface area contributed by atoms with E-state index in [1.807, 2.05) is 18.2 Å². The first-order valence-corrected chi connectivity index (χ1v) is 12.1. The van der Waals surface area contributed by atoms with E-state index in [0.717, 1.165) is 29.1 Å². The maximum absolute atomic E-state index is 13.3. The number of hydrogen-bond donors (Lipinski definition) is 1. The average molecular weight is 487 g/mol. The maximum atomic E-state index is 13.3. The Kier molecular flexibility index (Phi) is 7.16. The molecule has 9 heteroatoms. The van der Waals surface area contributed by atoms with Gasteiger partial charge in [-0.05, 0) is 48.6 Å². The van der Waals surface area contributed by atoms with Crippen LogP contribution in [0, 0.1) is 22.0 Å². The van der Waals surface area contributed by atoms with Crippen LogP contribution in [0.2, 0.25) is 5.02 Å². The number of non-ortho nitro benzene ring substituents is 1. The topological polar surface area (TPSA) is 87.9 Å². The van der Waals surface area contributed by atoms with Gasteiger partial charge in [0.15, 0.2) is 0 Å². The van der Waals surface area contributed by atoms with Gasteiger partial charge < -0.3 is 19.9 Å². The van der Waals surface area contributed by atoms with Gasteiger partial charge in [0.25, 0.3) is 5.69 Å². The number of halogens is 1. The second kappa shape index (κ2) is 10.1. The van der Waals surface area contributed by atoms with Crippen molar-refractivity contribution in [1.82, 2.24) is 5.32 Å². The van der Waals surface area contributed by atoms with Crippen molar-refractivity contribution in [2.45, 2.75) is 32.7 Å². The molecule has 1 amide bonds. The van der Waals surface area contributed by atoms with E-state index in [-0.39, 0.29) is 28.5 Å². The zero-order valence-electron chi connectivity index (χ0n) is 19.8. The van der Waals surface area contributed by atoms with Crippen molar-refractivity contribution in [2.75, 3.05) is 43.1 Å². The Morgan fingerprint density at radius 1 is 1.24 bits per heavy atom. The Morgan fingerprint density at radius 2 is 2.03 bits per heavy atom. The van der Waals surface area contributed by atoms with Crippen molar-refractivity contribution in [2.24, 2.45) is 11.8 Å². The van der Waals surface area contributed by atoms with Crippen molar-refractivity contribution >= 4 is 34.6 Å². The van der Waals surface area contributed by atoms with Crippen LogP contribution in [0.1, 0.15) is 25.8 Å². The molecule has 2 heterocycles. The zero-order chi connectivity index (χ0) is 24.4. The summed E-state index contributed by atoms with van der Waals surface area (Å²) in [5, 5.41) is 15.1. The highest BCUT2D eigenvalue weighted by molar-refractivity contribution is 6.31. The second-order valence-electron chi connectivity index (χ2n) is 9.38. The van der Waals surface area contributed by atoms with Crippen LogP contribution >= 0.6 is 11.6 Å². The maximum Gasteiger partial charge on any atom is 0.269 e. The van der Waals surface area contributed by atoms with E-state index in [0.29, 0.717) is 43.5 Å². The highest BCUT2D eigenvalue weighted by atomic mass is 35.5. The molecule has 4 rings (SSSR count). The molecule has 2 atom stereocenters. The number of nitrogens with zero attached hydrogens (tertiary/aromatic N) is 3. The number of amides is 1. The SMILES string of the molecule is COc1ccc(Cl)cc1N1CCN2c3ccc([N+](=O)[O-])cc3C[C@@H](C(=O)NCCC(C)C)[C@@H]2C1. The highest BCUT2D eigenvalue weighted by Gasteiger charge is 2.42. The summed E-state index contributed by atoms with van der Waals surface area (Å²) in [5.74, 6) is 0.900. The fourth-order valence-electron chi connectivity index (χ4n) is 4.97. The van der Waals surface area contributed by atoms with Crippen molar-refractivity contribution in [3.63, 3.8) is 0 Å². The van der Waals surface area contributed by atoms with Gasteiger partial charge in [0.05, 0.1) is 29.7 Å². The number of carbonyl (C=O) groups is 1. The molecule has 2 aliphatic heterocycles. The number of piperazine rings is 1. The Labute approximate surface area is 205 Å². The van der Waals surface area contributed by atoms with Crippen molar-refractivity contribution in [3.8, 4) is 5.75 Å². The van der Waals surface area contributed by atoms with Crippen LogP contribution in [-0.4, -0.2) is 50.2 Å². The number of hydrogen-bond acceptors (Lipinski definition) is 6. The lowest BCUT2D eigenvalue weighted by Crippen LogP contribution is -2.61. The van der Waals surface area contributed by atoms with Gasteiger partial charge in [-0.2, -0.15) is 0 Å². The van der Waals surface area contributed by atoms with Gasteiger partial charge in [0.1, 0.15) is 5.75 Å². The number of fused-ring (bicyclic) bond motifs is 3. The van der Waals surface area contributed by atoms with Gasteiger partial charge in [-0.1, -0.05) is 25.4 Å². The molecule has 0 aromatic heterocycles. The van der Waals surface area contributed by atoms with Gasteiger partial charge in [0.2, 0.25) is 5.91 Å². The number of carbonyl (C=O) groups excluding carboxylic acids is 1. The predicted molar refractivity (Wildman–Crippen MR) is 134 cm³/mol. The normalized spacial score (nSPS) is 19.4. The molecule has 0 unspecified atom stereocenters. The van der Waals surface area contributed by atoms with Gasteiger partial charge in [-0.25, -0.2) is 0 Å². The lowest BCUT2D eigenvalue weighted by Gasteiger charge is -2.49. The van der Waals surface area contributed by atoms with Gasteiger partial charge in [-0.3, -0.25) is 14.9 Å². The number of rotatable bonds is 7. The van der Waals surface area contributed by atoms with Crippen molar-refractivity contribution < 1.29 is 14.5 Å². The van der Waals surface area contributed by atoms with Crippen molar-refractivity contribution in [3.05, 3.63) is 57.1 Å². The summed E-state index contributed by atoms with van der Waals surface area (Å²) < 4.78 is 5.57. The van der Waals surface area contributed by atoms with Crippen LogP contribution in [0.15, 0.2) is 36.4 Å². The number of nitro benzene ring substituents is 1. The lowest BCUT2D eigenvalue weighted by atomic mass is 9.83. The minimum Gasteiger partial charge on any atom is -0.495 e. The molecule has 0 radical (unpaired) electrons. The standard InChI is InChI=1S/C25H31ClN4O4/c1-16(2)8-9-27-25(31)20-13-17-12-19(30(32)33)5-6-21(17)29-11-10-28(15-23(20)29)22-14-18(26)4-7-24(22)34-3/h4-7,12,14,16,20,23H,8-11,13,15H2,1-3H3,(H,27,31)/t20-,23+/m1/s1. The Bertz CT molecular complexity index is 1080. The number of anilines is 2. The fourth-order valence-corrected chi connectivity index (χ4v) is 5.13. The quantitative estimate of drug-likeness (QED) is 0.464. The largest absolute Gasteiger partial charge is 0.495 e. The third-order valence-corrected chi connectivity index (χ3v) is 6.98. The molecular formula is C25H31ClN4O4.